The quantitative estimate of drug-likeness (QED) is 0.717. The number of hydrogen-bond donors (Lipinski definition) is 1. The van der Waals surface area contributed by atoms with Gasteiger partial charge in [0, 0.05) is 13.1 Å². The van der Waals surface area contributed by atoms with Crippen molar-refractivity contribution in [1.29, 1.82) is 0 Å². The summed E-state index contributed by atoms with van der Waals surface area (Å²) in [5.41, 5.74) is 2.85. The number of rotatable bonds is 5. The van der Waals surface area contributed by atoms with E-state index in [9.17, 15) is 4.79 Å². The minimum Gasteiger partial charge on any atom is -0.337 e. The number of H-pyrrole nitrogens is 1. The van der Waals surface area contributed by atoms with Crippen molar-refractivity contribution >= 4 is 17.2 Å². The molecule has 0 atom stereocenters. The Kier molecular flexibility index (Phi) is 5.16. The maximum absolute atomic E-state index is 12.7. The lowest BCUT2D eigenvalue weighted by molar-refractivity contribution is 0.0681. The molecular weight excluding hydrogens is 342 g/mol. The fraction of sp³-hybridized carbons (Fsp3) is 0.333. The molecule has 1 aliphatic rings. The van der Waals surface area contributed by atoms with Gasteiger partial charge in [-0.1, -0.05) is 36.4 Å². The van der Waals surface area contributed by atoms with Crippen molar-refractivity contribution in [2.75, 3.05) is 13.1 Å². The van der Waals surface area contributed by atoms with Gasteiger partial charge in [0.1, 0.15) is 0 Å². The molecule has 1 N–H and O–H groups in total. The van der Waals surface area contributed by atoms with E-state index in [1.807, 2.05) is 28.5 Å². The van der Waals surface area contributed by atoms with Crippen LogP contribution in [0.2, 0.25) is 0 Å². The molecule has 0 unspecified atom stereocenters. The highest BCUT2D eigenvalue weighted by Crippen LogP contribution is 2.26. The summed E-state index contributed by atoms with van der Waals surface area (Å²) in [7, 11) is 0. The molecule has 0 bridgehead atoms. The second-order valence-corrected chi connectivity index (χ2v) is 7.85. The highest BCUT2D eigenvalue weighted by Gasteiger charge is 2.25. The average molecular weight is 366 g/mol. The molecule has 0 saturated carbocycles. The van der Waals surface area contributed by atoms with E-state index in [2.05, 4.69) is 40.5 Å². The Bertz CT molecular complexity index is 833. The van der Waals surface area contributed by atoms with Gasteiger partial charge in [0.15, 0.2) is 5.69 Å². The van der Waals surface area contributed by atoms with Crippen LogP contribution < -0.4 is 0 Å². The summed E-state index contributed by atoms with van der Waals surface area (Å²) in [4.78, 5) is 15.8. The molecule has 0 spiro atoms. The van der Waals surface area contributed by atoms with Crippen molar-refractivity contribution in [3.63, 3.8) is 0 Å². The minimum absolute atomic E-state index is 0.0468. The van der Waals surface area contributed by atoms with E-state index in [4.69, 9.17) is 0 Å². The summed E-state index contributed by atoms with van der Waals surface area (Å²) in [5, 5.41) is 9.25. The SMILES string of the molecule is O=C(c1cc(-c2cccs2)[nH]n1)N1CCC(CCc2ccccc2)CC1. The number of benzene rings is 1. The van der Waals surface area contributed by atoms with Crippen LogP contribution in [-0.4, -0.2) is 34.1 Å². The van der Waals surface area contributed by atoms with Gasteiger partial charge in [-0.05, 0) is 54.7 Å². The molecule has 2 aromatic heterocycles. The summed E-state index contributed by atoms with van der Waals surface area (Å²) in [6.07, 6.45) is 4.50. The second-order valence-electron chi connectivity index (χ2n) is 6.90. The lowest BCUT2D eigenvalue weighted by atomic mass is 9.90. The lowest BCUT2D eigenvalue weighted by Crippen LogP contribution is -2.38. The number of amides is 1. The number of carbonyl (C=O) groups is 1. The van der Waals surface area contributed by atoms with Crippen LogP contribution >= 0.6 is 11.3 Å². The molecule has 134 valence electrons. The highest BCUT2D eigenvalue weighted by atomic mass is 32.1. The predicted octanol–water partition coefficient (Wildman–Crippen LogP) is 4.62. The predicted molar refractivity (Wildman–Crippen MR) is 105 cm³/mol. The van der Waals surface area contributed by atoms with Crippen LogP contribution in [0.3, 0.4) is 0 Å². The van der Waals surface area contributed by atoms with Gasteiger partial charge in [-0.15, -0.1) is 11.3 Å². The summed E-state index contributed by atoms with van der Waals surface area (Å²) < 4.78 is 0. The first-order chi connectivity index (χ1) is 12.8. The number of nitrogens with zero attached hydrogens (tertiary/aromatic N) is 2. The van der Waals surface area contributed by atoms with Crippen LogP contribution in [0.1, 0.15) is 35.3 Å². The number of hydrogen-bond acceptors (Lipinski definition) is 3. The third-order valence-electron chi connectivity index (χ3n) is 5.17. The van der Waals surface area contributed by atoms with Crippen LogP contribution in [-0.2, 0) is 6.42 Å². The number of thiophene rings is 1. The zero-order chi connectivity index (χ0) is 17.8. The van der Waals surface area contributed by atoms with Gasteiger partial charge in [0.2, 0.25) is 0 Å². The molecule has 4 nitrogen and oxygen atoms in total. The Balaban J connectivity index is 1.29. The number of likely N-dealkylation sites (tertiary alicyclic amines) is 1. The number of aromatic amines is 1. The van der Waals surface area contributed by atoms with E-state index >= 15 is 0 Å². The van der Waals surface area contributed by atoms with E-state index in [-0.39, 0.29) is 5.91 Å². The molecular formula is C21H23N3OS. The summed E-state index contributed by atoms with van der Waals surface area (Å²) >= 11 is 1.64. The largest absolute Gasteiger partial charge is 0.337 e. The Labute approximate surface area is 157 Å². The van der Waals surface area contributed by atoms with E-state index in [1.165, 1.54) is 12.0 Å². The average Bonchev–Trinajstić information content (AvgIpc) is 3.38. The molecule has 3 heterocycles. The Hall–Kier alpha value is -2.40. The molecule has 26 heavy (non-hydrogen) atoms. The first-order valence-corrected chi connectivity index (χ1v) is 10.1. The van der Waals surface area contributed by atoms with Gasteiger partial charge in [0.05, 0.1) is 10.6 Å². The number of piperidine rings is 1. The van der Waals surface area contributed by atoms with Crippen molar-refractivity contribution < 1.29 is 4.79 Å². The molecule has 1 fully saturated rings. The number of nitrogens with one attached hydrogen (secondary N) is 1. The molecule has 1 amide bonds. The van der Waals surface area contributed by atoms with Crippen LogP contribution in [0.15, 0.2) is 53.9 Å². The molecule has 1 aliphatic heterocycles. The van der Waals surface area contributed by atoms with Gasteiger partial charge >= 0.3 is 0 Å². The van der Waals surface area contributed by atoms with E-state index in [0.717, 1.165) is 42.9 Å². The summed E-state index contributed by atoms with van der Waals surface area (Å²) in [6.45, 7) is 1.67. The minimum atomic E-state index is 0.0468. The number of carbonyl (C=O) groups excluding carboxylic acids is 1. The number of aryl methyl sites for hydroxylation is 1. The van der Waals surface area contributed by atoms with Crippen molar-refractivity contribution in [2.45, 2.75) is 25.7 Å². The van der Waals surface area contributed by atoms with Crippen molar-refractivity contribution in [3.8, 4) is 10.6 Å². The van der Waals surface area contributed by atoms with Crippen molar-refractivity contribution in [3.05, 3.63) is 65.2 Å². The molecule has 1 saturated heterocycles. The highest BCUT2D eigenvalue weighted by molar-refractivity contribution is 7.13. The van der Waals surface area contributed by atoms with E-state index in [0.29, 0.717) is 11.6 Å². The van der Waals surface area contributed by atoms with Gasteiger partial charge in [0.25, 0.3) is 5.91 Å². The molecule has 4 rings (SSSR count). The maximum atomic E-state index is 12.7. The Morgan fingerprint density at radius 1 is 1.15 bits per heavy atom. The zero-order valence-electron chi connectivity index (χ0n) is 14.7. The lowest BCUT2D eigenvalue weighted by Gasteiger charge is -2.31. The second kappa shape index (κ2) is 7.87. The fourth-order valence-corrected chi connectivity index (χ4v) is 4.28. The summed E-state index contributed by atoms with van der Waals surface area (Å²) in [5.74, 6) is 0.755. The first kappa shape index (κ1) is 17.0. The van der Waals surface area contributed by atoms with Crippen LogP contribution in [0.4, 0.5) is 0 Å². The van der Waals surface area contributed by atoms with Gasteiger partial charge in [-0.2, -0.15) is 5.10 Å². The van der Waals surface area contributed by atoms with Gasteiger partial charge in [-0.3, -0.25) is 9.89 Å². The smallest absolute Gasteiger partial charge is 0.274 e. The molecule has 1 aromatic carbocycles. The Morgan fingerprint density at radius 2 is 1.96 bits per heavy atom. The fourth-order valence-electron chi connectivity index (χ4n) is 3.59. The Morgan fingerprint density at radius 3 is 2.69 bits per heavy atom. The van der Waals surface area contributed by atoms with Crippen molar-refractivity contribution in [1.82, 2.24) is 15.1 Å². The van der Waals surface area contributed by atoms with Crippen LogP contribution in [0, 0.1) is 5.92 Å². The first-order valence-electron chi connectivity index (χ1n) is 9.22. The van der Waals surface area contributed by atoms with Crippen molar-refractivity contribution in [2.24, 2.45) is 5.92 Å². The number of aromatic nitrogens is 2. The third kappa shape index (κ3) is 3.88. The monoisotopic (exact) mass is 365 g/mol. The molecule has 0 radical (unpaired) electrons. The molecule has 3 aromatic rings. The van der Waals surface area contributed by atoms with Gasteiger partial charge in [-0.25, -0.2) is 0 Å². The standard InChI is InChI=1S/C21H23N3OS/c25-21(19-15-18(22-23-19)20-7-4-14-26-20)24-12-10-17(11-13-24)9-8-16-5-2-1-3-6-16/h1-7,14-15,17H,8-13H2,(H,22,23). The third-order valence-corrected chi connectivity index (χ3v) is 6.07. The maximum Gasteiger partial charge on any atom is 0.274 e. The van der Waals surface area contributed by atoms with Crippen LogP contribution in [0.25, 0.3) is 10.6 Å². The van der Waals surface area contributed by atoms with Gasteiger partial charge < -0.3 is 4.90 Å². The van der Waals surface area contributed by atoms with Crippen LogP contribution in [0.5, 0.6) is 0 Å². The zero-order valence-corrected chi connectivity index (χ0v) is 15.5. The normalized spacial score (nSPS) is 15.3. The van der Waals surface area contributed by atoms with E-state index < -0.39 is 0 Å². The molecule has 0 aliphatic carbocycles. The van der Waals surface area contributed by atoms with E-state index in [1.54, 1.807) is 11.3 Å². The molecule has 5 heteroatoms. The summed E-state index contributed by atoms with van der Waals surface area (Å²) in [6, 6.07) is 16.6. The topological polar surface area (TPSA) is 49.0 Å².